The summed E-state index contributed by atoms with van der Waals surface area (Å²) >= 11 is 0. The molecule has 0 aliphatic carbocycles. The van der Waals surface area contributed by atoms with Gasteiger partial charge < -0.3 is 25.1 Å². The van der Waals surface area contributed by atoms with Crippen LogP contribution in [-0.4, -0.2) is 51.1 Å². The summed E-state index contributed by atoms with van der Waals surface area (Å²) in [7, 11) is 0. The normalized spacial score (nSPS) is 13.9. The number of carbonyl (C=O) groups is 2. The van der Waals surface area contributed by atoms with Crippen molar-refractivity contribution in [2.45, 2.75) is 39.2 Å². The molecule has 2 aromatic heterocycles. The third-order valence-electron chi connectivity index (χ3n) is 8.10. The highest BCUT2D eigenvalue weighted by Gasteiger charge is 2.27. The number of nitrogens with zero attached hydrogens (tertiary/aromatic N) is 3. The fraction of sp³-hybridized carbons (Fsp3) is 0.242. The Morgan fingerprint density at radius 1 is 1.04 bits per heavy atom. The molecule has 0 bridgehead atoms. The van der Waals surface area contributed by atoms with Crippen LogP contribution in [0.15, 0.2) is 66.9 Å². The number of anilines is 1. The van der Waals surface area contributed by atoms with Gasteiger partial charge in [0.1, 0.15) is 17.3 Å². The lowest BCUT2D eigenvalue weighted by atomic mass is 9.88. The molecule has 45 heavy (non-hydrogen) atoms. The van der Waals surface area contributed by atoms with Gasteiger partial charge in [0.15, 0.2) is 11.6 Å². The summed E-state index contributed by atoms with van der Waals surface area (Å²) in [4.78, 5) is 30.2. The van der Waals surface area contributed by atoms with Crippen molar-refractivity contribution in [2.24, 2.45) is 0 Å². The van der Waals surface area contributed by atoms with Crippen LogP contribution in [0.5, 0.6) is 17.2 Å². The first-order valence-corrected chi connectivity index (χ1v) is 14.4. The number of hydrogen-bond donors (Lipinski definition) is 2. The Bertz CT molecular complexity index is 1910. The molecule has 3 heterocycles. The third-order valence-corrected chi connectivity index (χ3v) is 8.10. The molecule has 12 heteroatoms. The molecule has 232 valence electrons. The maximum Gasteiger partial charge on any atom is 0.387 e. The number of rotatable bonds is 8. The van der Waals surface area contributed by atoms with Crippen LogP contribution in [-0.2, 0) is 4.79 Å². The minimum absolute atomic E-state index is 0.0241. The fourth-order valence-corrected chi connectivity index (χ4v) is 5.77. The van der Waals surface area contributed by atoms with Gasteiger partial charge in [-0.15, -0.1) is 0 Å². The predicted molar refractivity (Wildman–Crippen MR) is 162 cm³/mol. The van der Waals surface area contributed by atoms with Crippen LogP contribution in [0.25, 0.3) is 16.6 Å². The minimum atomic E-state index is -3.02. The number of aryl methyl sites for hydroxylation is 1. The van der Waals surface area contributed by atoms with E-state index in [1.165, 1.54) is 36.0 Å². The van der Waals surface area contributed by atoms with Crippen molar-refractivity contribution in [1.82, 2.24) is 19.7 Å². The van der Waals surface area contributed by atoms with Crippen molar-refractivity contribution in [3.63, 3.8) is 0 Å². The Morgan fingerprint density at radius 3 is 2.49 bits per heavy atom. The standard InChI is InChI=1S/C33H30F3N5O4/c1-18-13-22(44-29-6-4-3-5-25(29)34)7-8-28(18)41-32(37)24(17-38-41)31(43)27-14-21-15-30(45-33(35)36)23(16-26(21)39-27)20-9-11-40(12-10-20)19(2)42/h3-8,13-17,20,33,39H,9-12,37H2,1-2H3. The number of aromatic nitrogens is 3. The molecule has 3 aromatic carbocycles. The van der Waals surface area contributed by atoms with Crippen LogP contribution in [0.1, 0.15) is 52.9 Å². The van der Waals surface area contributed by atoms with E-state index in [1.54, 1.807) is 47.4 Å². The average Bonchev–Trinajstić information content (AvgIpc) is 3.60. The van der Waals surface area contributed by atoms with Crippen LogP contribution in [0.3, 0.4) is 0 Å². The highest BCUT2D eigenvalue weighted by Crippen LogP contribution is 2.38. The molecule has 1 aliphatic heterocycles. The topological polar surface area (TPSA) is 115 Å². The Labute approximate surface area is 256 Å². The lowest BCUT2D eigenvalue weighted by Crippen LogP contribution is -2.36. The molecular formula is C33H30F3N5O4. The smallest absolute Gasteiger partial charge is 0.387 e. The second kappa shape index (κ2) is 12.0. The van der Waals surface area contributed by atoms with Gasteiger partial charge in [0, 0.05) is 30.9 Å². The average molecular weight is 618 g/mol. The predicted octanol–water partition coefficient (Wildman–Crippen LogP) is 6.73. The van der Waals surface area contributed by atoms with E-state index >= 15 is 0 Å². The molecular weight excluding hydrogens is 587 g/mol. The van der Waals surface area contributed by atoms with Crippen LogP contribution < -0.4 is 15.2 Å². The number of fused-ring (bicyclic) bond motifs is 1. The van der Waals surface area contributed by atoms with Crippen molar-refractivity contribution in [2.75, 3.05) is 18.8 Å². The van der Waals surface area contributed by atoms with Crippen LogP contribution in [0, 0.1) is 12.7 Å². The second-order valence-corrected chi connectivity index (χ2v) is 11.0. The van der Waals surface area contributed by atoms with Crippen LogP contribution in [0.2, 0.25) is 0 Å². The Kier molecular flexibility index (Phi) is 7.96. The summed E-state index contributed by atoms with van der Waals surface area (Å²) in [6, 6.07) is 15.9. The number of likely N-dealkylation sites (tertiary alicyclic amines) is 1. The molecule has 0 spiro atoms. The van der Waals surface area contributed by atoms with E-state index < -0.39 is 18.2 Å². The maximum atomic E-state index is 14.0. The molecule has 5 aromatic rings. The molecule has 1 fully saturated rings. The number of benzene rings is 3. The molecule has 6 rings (SSSR count). The second-order valence-electron chi connectivity index (χ2n) is 11.0. The SMILES string of the molecule is CC(=O)N1CCC(c2cc3[nH]c(C(=O)c4cnn(-c5ccc(Oc6ccccc6F)cc5C)c4N)cc3cc2OC(F)F)CC1. The summed E-state index contributed by atoms with van der Waals surface area (Å²) in [5.41, 5.74) is 9.24. The number of nitrogens with two attached hydrogens (primary N) is 1. The molecule has 0 saturated carbocycles. The summed E-state index contributed by atoms with van der Waals surface area (Å²) in [5.74, 6) is -0.385. The van der Waals surface area contributed by atoms with Gasteiger partial charge >= 0.3 is 6.61 Å². The molecule has 1 amide bonds. The fourth-order valence-electron chi connectivity index (χ4n) is 5.77. The number of H-pyrrole nitrogens is 1. The van der Waals surface area contributed by atoms with Crippen molar-refractivity contribution >= 4 is 28.4 Å². The van der Waals surface area contributed by atoms with Gasteiger partial charge in [-0.3, -0.25) is 9.59 Å². The first-order valence-electron chi connectivity index (χ1n) is 14.4. The van der Waals surface area contributed by atoms with Crippen molar-refractivity contribution in [1.29, 1.82) is 0 Å². The highest BCUT2D eigenvalue weighted by atomic mass is 19.3. The van der Waals surface area contributed by atoms with E-state index in [-0.39, 0.29) is 40.4 Å². The molecule has 9 nitrogen and oxygen atoms in total. The lowest BCUT2D eigenvalue weighted by molar-refractivity contribution is -0.129. The summed E-state index contributed by atoms with van der Waals surface area (Å²) in [6.07, 6.45) is 2.57. The first kappa shape index (κ1) is 29.8. The molecule has 1 saturated heterocycles. The largest absolute Gasteiger partial charge is 0.454 e. The number of hydrogen-bond acceptors (Lipinski definition) is 6. The Morgan fingerprint density at radius 2 is 1.80 bits per heavy atom. The number of ketones is 1. The minimum Gasteiger partial charge on any atom is -0.454 e. The monoisotopic (exact) mass is 617 g/mol. The van der Waals surface area contributed by atoms with Crippen molar-refractivity contribution in [3.8, 4) is 22.9 Å². The zero-order valence-electron chi connectivity index (χ0n) is 24.5. The molecule has 0 unspecified atom stereocenters. The van der Waals surface area contributed by atoms with Gasteiger partial charge in [0.25, 0.3) is 0 Å². The summed E-state index contributed by atoms with van der Waals surface area (Å²) in [5, 5.41) is 4.86. The van der Waals surface area contributed by atoms with Gasteiger partial charge in [0.2, 0.25) is 11.7 Å². The molecule has 1 aliphatic rings. The third kappa shape index (κ3) is 5.95. The molecule has 0 radical (unpaired) electrons. The van der Waals surface area contributed by atoms with Gasteiger partial charge in [0.05, 0.1) is 23.1 Å². The van der Waals surface area contributed by atoms with Gasteiger partial charge in [-0.2, -0.15) is 13.9 Å². The number of para-hydroxylation sites is 1. The van der Waals surface area contributed by atoms with E-state index in [4.69, 9.17) is 15.2 Å². The molecule has 0 atom stereocenters. The number of alkyl halides is 2. The van der Waals surface area contributed by atoms with Gasteiger partial charge in [-0.05, 0) is 85.3 Å². The number of ether oxygens (including phenoxy) is 2. The van der Waals surface area contributed by atoms with E-state index in [2.05, 4.69) is 10.1 Å². The number of nitrogens with one attached hydrogen (secondary N) is 1. The maximum absolute atomic E-state index is 14.0. The van der Waals surface area contributed by atoms with E-state index in [0.717, 1.165) is 5.56 Å². The highest BCUT2D eigenvalue weighted by molar-refractivity contribution is 6.12. The summed E-state index contributed by atoms with van der Waals surface area (Å²) in [6.45, 7) is 1.33. The Hall–Kier alpha value is -5.26. The van der Waals surface area contributed by atoms with E-state index in [9.17, 15) is 22.8 Å². The lowest BCUT2D eigenvalue weighted by Gasteiger charge is -2.32. The van der Waals surface area contributed by atoms with E-state index in [0.29, 0.717) is 53.8 Å². The van der Waals surface area contributed by atoms with Gasteiger partial charge in [-0.1, -0.05) is 12.1 Å². The summed E-state index contributed by atoms with van der Waals surface area (Å²) < 4.78 is 52.7. The number of nitrogen functional groups attached to an aromatic ring is 1. The van der Waals surface area contributed by atoms with Crippen molar-refractivity contribution < 1.29 is 32.2 Å². The number of amides is 1. The van der Waals surface area contributed by atoms with Crippen LogP contribution in [0.4, 0.5) is 19.0 Å². The number of aromatic amines is 1. The number of carbonyl (C=O) groups excluding carboxylic acids is 2. The zero-order valence-corrected chi connectivity index (χ0v) is 24.5. The van der Waals surface area contributed by atoms with Crippen molar-refractivity contribution in [3.05, 3.63) is 95.1 Å². The Balaban J connectivity index is 1.27. The quantitative estimate of drug-likeness (QED) is 0.187. The molecule has 3 N–H and O–H groups in total. The van der Waals surface area contributed by atoms with Gasteiger partial charge in [-0.25, -0.2) is 9.07 Å². The zero-order chi connectivity index (χ0) is 31.8. The number of piperidine rings is 1. The first-order chi connectivity index (χ1) is 21.6. The van der Waals surface area contributed by atoms with E-state index in [1.807, 2.05) is 6.92 Å². The number of halogens is 3. The van der Waals surface area contributed by atoms with Crippen LogP contribution >= 0.6 is 0 Å².